The molecule has 1 saturated carbocycles. The highest BCUT2D eigenvalue weighted by atomic mass is 32.2. The number of rotatable bonds is 5. The van der Waals surface area contributed by atoms with Crippen molar-refractivity contribution in [3.8, 4) is 6.07 Å². The fourth-order valence-electron chi connectivity index (χ4n) is 4.94. The Kier molecular flexibility index (Phi) is 6.71. The van der Waals surface area contributed by atoms with Crippen LogP contribution in [0.1, 0.15) is 56.9 Å². The number of aromatic nitrogens is 1. The van der Waals surface area contributed by atoms with Crippen LogP contribution in [0.15, 0.2) is 36.5 Å². The van der Waals surface area contributed by atoms with E-state index in [0.717, 1.165) is 29.1 Å². The fraction of sp³-hybridized carbons (Fsp3) is 0.462. The quantitative estimate of drug-likeness (QED) is 0.414. The van der Waals surface area contributed by atoms with E-state index in [1.54, 1.807) is 17.0 Å². The van der Waals surface area contributed by atoms with Gasteiger partial charge in [0.1, 0.15) is 21.9 Å². The molecule has 2 saturated heterocycles. The highest BCUT2D eigenvalue weighted by Crippen LogP contribution is 2.48. The molecule has 2 aliphatic heterocycles. The number of ether oxygens (including phenoxy) is 1. The second-order valence-electron chi connectivity index (χ2n) is 10.9. The van der Waals surface area contributed by atoms with Crippen LogP contribution in [0.4, 0.5) is 24.5 Å². The number of hydrogen-bond donors (Lipinski definition) is 1. The van der Waals surface area contributed by atoms with Crippen molar-refractivity contribution in [2.45, 2.75) is 62.0 Å². The average Bonchev–Trinajstić information content (AvgIpc) is 3.06. The molecule has 1 atom stereocenters. The molecule has 1 aliphatic carbocycles. The third kappa shape index (κ3) is 4.48. The lowest BCUT2D eigenvalue weighted by molar-refractivity contribution is -0.138. The van der Waals surface area contributed by atoms with Gasteiger partial charge in [-0.1, -0.05) is 12.1 Å². The molecule has 1 aromatic carbocycles. The van der Waals surface area contributed by atoms with Gasteiger partial charge in [-0.15, -0.1) is 4.72 Å². The topological polar surface area (TPSA) is 105 Å². The highest BCUT2D eigenvalue weighted by molar-refractivity contribution is 7.90. The van der Waals surface area contributed by atoms with Gasteiger partial charge in [-0.3, -0.25) is 9.69 Å². The van der Waals surface area contributed by atoms with Gasteiger partial charge in [-0.05, 0) is 76.0 Å². The molecule has 39 heavy (non-hydrogen) atoms. The monoisotopic (exact) mass is 577 g/mol. The summed E-state index contributed by atoms with van der Waals surface area (Å²) in [5, 5.41) is 9.14. The first-order chi connectivity index (χ1) is 18.2. The summed E-state index contributed by atoms with van der Waals surface area (Å²) in [6.45, 7) is 6.33. The van der Waals surface area contributed by atoms with Gasteiger partial charge in [-0.25, -0.2) is 4.98 Å². The normalized spacial score (nSPS) is 21.0. The predicted molar refractivity (Wildman–Crippen MR) is 143 cm³/mol. The second kappa shape index (κ2) is 9.42. The largest absolute Gasteiger partial charge is 0.598 e. The second-order valence-corrected chi connectivity index (χ2v) is 13.3. The van der Waals surface area contributed by atoms with Crippen molar-refractivity contribution in [1.29, 1.82) is 5.26 Å². The van der Waals surface area contributed by atoms with Crippen molar-refractivity contribution < 1.29 is 27.3 Å². The molecule has 0 bridgehead atoms. The van der Waals surface area contributed by atoms with E-state index in [1.165, 1.54) is 6.07 Å². The Bertz CT molecular complexity index is 1360. The van der Waals surface area contributed by atoms with E-state index >= 15 is 0 Å². The lowest BCUT2D eigenvalue weighted by Crippen LogP contribution is -2.61. The zero-order valence-electron chi connectivity index (χ0n) is 21.5. The average molecular weight is 578 g/mol. The SMILES string of the molecule is CC(C)(C)[S+]([O-])NC1(c2ccc(N3C(=S)N(c4cnc(C#N)c(C(F)(F)F)c4)C(=O)C34CCC4)cc2)COC1. The van der Waals surface area contributed by atoms with Gasteiger partial charge in [-0.2, -0.15) is 18.4 Å². The van der Waals surface area contributed by atoms with E-state index in [-0.39, 0.29) is 10.8 Å². The summed E-state index contributed by atoms with van der Waals surface area (Å²) in [5.74, 6) is -0.423. The van der Waals surface area contributed by atoms with Crippen LogP contribution in [-0.2, 0) is 32.6 Å². The number of anilines is 2. The van der Waals surface area contributed by atoms with Gasteiger partial charge >= 0.3 is 6.18 Å². The number of hydrogen-bond acceptors (Lipinski definition) is 7. The van der Waals surface area contributed by atoms with E-state index in [0.29, 0.717) is 31.7 Å². The Hall–Kier alpha value is -2.76. The summed E-state index contributed by atoms with van der Waals surface area (Å²) in [4.78, 5) is 20.1. The zero-order chi connectivity index (χ0) is 28.4. The van der Waals surface area contributed by atoms with Crippen LogP contribution in [0.25, 0.3) is 0 Å². The maximum absolute atomic E-state index is 13.7. The maximum atomic E-state index is 13.7. The first-order valence-electron chi connectivity index (χ1n) is 12.3. The van der Waals surface area contributed by atoms with Gasteiger partial charge < -0.3 is 14.2 Å². The number of nitriles is 1. The lowest BCUT2D eigenvalue weighted by atomic mass is 9.75. The van der Waals surface area contributed by atoms with Crippen LogP contribution >= 0.6 is 12.2 Å². The number of halogens is 3. The molecule has 3 fully saturated rings. The third-order valence-electron chi connectivity index (χ3n) is 7.35. The molecule has 13 heteroatoms. The van der Waals surface area contributed by atoms with Crippen molar-refractivity contribution in [3.63, 3.8) is 0 Å². The third-order valence-corrected chi connectivity index (χ3v) is 9.41. The predicted octanol–water partition coefficient (Wildman–Crippen LogP) is 4.31. The van der Waals surface area contributed by atoms with Crippen LogP contribution in [0.2, 0.25) is 0 Å². The molecule has 206 valence electrons. The Morgan fingerprint density at radius 2 is 1.82 bits per heavy atom. The number of alkyl halides is 3. The first-order valence-corrected chi connectivity index (χ1v) is 13.8. The maximum Gasteiger partial charge on any atom is 0.419 e. The van der Waals surface area contributed by atoms with Gasteiger partial charge in [0.2, 0.25) is 0 Å². The van der Waals surface area contributed by atoms with Crippen LogP contribution in [0, 0.1) is 11.3 Å². The summed E-state index contributed by atoms with van der Waals surface area (Å²) in [6.07, 6.45) is -2.01. The molecule has 0 radical (unpaired) electrons. The molecule has 8 nitrogen and oxygen atoms in total. The van der Waals surface area contributed by atoms with Crippen LogP contribution in [0.5, 0.6) is 0 Å². The molecule has 3 heterocycles. The summed E-state index contributed by atoms with van der Waals surface area (Å²) in [7, 11) is 0. The van der Waals surface area contributed by atoms with Gasteiger partial charge in [0, 0.05) is 17.0 Å². The van der Waals surface area contributed by atoms with Crippen LogP contribution in [0.3, 0.4) is 0 Å². The van der Waals surface area contributed by atoms with Gasteiger partial charge in [0.05, 0.1) is 30.7 Å². The van der Waals surface area contributed by atoms with Gasteiger partial charge in [0.15, 0.2) is 10.8 Å². The summed E-state index contributed by atoms with van der Waals surface area (Å²) in [5.41, 5.74) is -2.29. The minimum absolute atomic E-state index is 0.0423. The number of carbonyl (C=O) groups excluding carboxylic acids is 1. The number of nitrogens with zero attached hydrogens (tertiary/aromatic N) is 4. The molecule has 5 rings (SSSR count). The Morgan fingerprint density at radius 1 is 1.18 bits per heavy atom. The van der Waals surface area contributed by atoms with Crippen molar-refractivity contribution in [2.75, 3.05) is 23.0 Å². The van der Waals surface area contributed by atoms with Crippen LogP contribution in [-0.4, -0.2) is 44.1 Å². The first kappa shape index (κ1) is 27.8. The van der Waals surface area contributed by atoms with Gasteiger partial charge in [0.25, 0.3) is 5.91 Å². The number of pyridine rings is 1. The van der Waals surface area contributed by atoms with E-state index < -0.39 is 50.5 Å². The number of amides is 1. The number of benzene rings is 1. The molecule has 3 aliphatic rings. The Morgan fingerprint density at radius 3 is 2.28 bits per heavy atom. The van der Waals surface area contributed by atoms with Crippen molar-refractivity contribution in [2.24, 2.45) is 0 Å². The highest BCUT2D eigenvalue weighted by Gasteiger charge is 2.60. The number of thiocarbonyl (C=S) groups is 1. The molecular weight excluding hydrogens is 551 g/mol. The Balaban J connectivity index is 1.48. The summed E-state index contributed by atoms with van der Waals surface area (Å²) >= 11 is 4.34. The van der Waals surface area contributed by atoms with Crippen molar-refractivity contribution in [3.05, 3.63) is 53.3 Å². The smallest absolute Gasteiger partial charge is 0.419 e. The number of carbonyl (C=O) groups is 1. The van der Waals surface area contributed by atoms with Crippen LogP contribution < -0.4 is 14.5 Å². The minimum Gasteiger partial charge on any atom is -0.598 e. The van der Waals surface area contributed by atoms with E-state index in [1.807, 2.05) is 32.9 Å². The van der Waals surface area contributed by atoms with E-state index in [4.69, 9.17) is 22.2 Å². The molecule has 1 unspecified atom stereocenters. The number of nitrogens with one attached hydrogen (secondary N) is 1. The molecule has 1 spiro atoms. The van der Waals surface area contributed by atoms with Crippen molar-refractivity contribution in [1.82, 2.24) is 9.71 Å². The Labute approximate surface area is 232 Å². The lowest BCUT2D eigenvalue weighted by Gasteiger charge is -2.44. The minimum atomic E-state index is -4.83. The molecule has 1 amide bonds. The standard InChI is InChI=1S/C26H26F3N5O3S2/c1-23(2,3)39(36)32-24(14-37-15-24)16-5-7-17(8-6-16)34-22(38)33(21(35)25(34)9-4-10-25)18-11-19(26(27,28)29)20(12-30)31-13-18/h5-8,11,13,32H,4,9-10,14-15H2,1-3H3. The summed E-state index contributed by atoms with van der Waals surface area (Å²) < 4.78 is 61.8. The fourth-order valence-corrected chi connectivity index (χ4v) is 6.31. The molecule has 1 aromatic heterocycles. The van der Waals surface area contributed by atoms with E-state index in [2.05, 4.69) is 9.71 Å². The molecule has 2 aromatic rings. The van der Waals surface area contributed by atoms with E-state index in [9.17, 15) is 22.5 Å². The zero-order valence-corrected chi connectivity index (χ0v) is 23.1. The van der Waals surface area contributed by atoms with Crippen molar-refractivity contribution >= 4 is 46.0 Å². The molecular formula is C26H26F3N5O3S2. The summed E-state index contributed by atoms with van der Waals surface area (Å²) in [6, 6.07) is 9.52. The molecule has 1 N–H and O–H groups in total.